The first kappa shape index (κ1) is 21.1. The van der Waals surface area contributed by atoms with Gasteiger partial charge in [0, 0.05) is 36.2 Å². The lowest BCUT2D eigenvalue weighted by Crippen LogP contribution is -2.38. The molecule has 168 valence electrons. The highest BCUT2D eigenvalue weighted by atomic mass is 16.5. The number of fused-ring (bicyclic) bond motifs is 1. The topological polar surface area (TPSA) is 67.5 Å². The lowest BCUT2D eigenvalue weighted by Gasteiger charge is -2.31. The van der Waals surface area contributed by atoms with Crippen LogP contribution in [-0.2, 0) is 0 Å². The van der Waals surface area contributed by atoms with Crippen molar-refractivity contribution in [1.82, 2.24) is 14.9 Å². The van der Waals surface area contributed by atoms with Crippen LogP contribution in [0, 0.1) is 0 Å². The number of methoxy groups -OCH3 is 2. The van der Waals surface area contributed by atoms with Gasteiger partial charge in [0.2, 0.25) is 0 Å². The van der Waals surface area contributed by atoms with Gasteiger partial charge in [-0.2, -0.15) is 0 Å². The average Bonchev–Trinajstić information content (AvgIpc) is 3.32. The summed E-state index contributed by atoms with van der Waals surface area (Å²) in [5.41, 5.74) is 4.73. The summed E-state index contributed by atoms with van der Waals surface area (Å²) in [4.78, 5) is 23.2. The van der Waals surface area contributed by atoms with E-state index in [0.29, 0.717) is 11.5 Å². The molecule has 0 bridgehead atoms. The van der Waals surface area contributed by atoms with Crippen LogP contribution in [0.2, 0.25) is 0 Å². The maximum atomic E-state index is 13.1. The number of amides is 1. The summed E-state index contributed by atoms with van der Waals surface area (Å²) in [7, 11) is 3.28. The second-order valence-electron chi connectivity index (χ2n) is 8.35. The van der Waals surface area contributed by atoms with Gasteiger partial charge in [0.15, 0.2) is 0 Å². The molecule has 1 amide bonds. The van der Waals surface area contributed by atoms with E-state index in [-0.39, 0.29) is 5.91 Å². The smallest absolute Gasteiger partial charge is 0.253 e. The van der Waals surface area contributed by atoms with Gasteiger partial charge in [0.1, 0.15) is 17.3 Å². The van der Waals surface area contributed by atoms with Gasteiger partial charge < -0.3 is 19.4 Å². The number of aromatic amines is 1. The number of piperidine rings is 1. The molecule has 3 aromatic carbocycles. The standard InChI is InChI=1S/C27H27N3O3/c1-32-21-11-12-22(25(17-21)33-2)18-7-9-20(10-8-18)27(31)30-15-13-19(14-16-30)26-28-23-5-3-4-6-24(23)29-26/h3-12,17,19H,13-16H2,1-2H3,(H,28,29). The Hall–Kier alpha value is -3.80. The maximum absolute atomic E-state index is 13.1. The highest BCUT2D eigenvalue weighted by Crippen LogP contribution is 2.34. The van der Waals surface area contributed by atoms with Gasteiger partial charge in [-0.15, -0.1) is 0 Å². The van der Waals surface area contributed by atoms with E-state index >= 15 is 0 Å². The van der Waals surface area contributed by atoms with Crippen LogP contribution in [0.5, 0.6) is 11.5 Å². The van der Waals surface area contributed by atoms with Gasteiger partial charge in [0.05, 0.1) is 25.3 Å². The predicted octanol–water partition coefficient (Wildman–Crippen LogP) is 5.27. The van der Waals surface area contributed by atoms with Crippen molar-refractivity contribution in [2.75, 3.05) is 27.3 Å². The van der Waals surface area contributed by atoms with Crippen molar-refractivity contribution in [2.24, 2.45) is 0 Å². The van der Waals surface area contributed by atoms with E-state index in [1.807, 2.05) is 65.6 Å². The third kappa shape index (κ3) is 4.16. The molecule has 1 fully saturated rings. The molecule has 6 nitrogen and oxygen atoms in total. The summed E-state index contributed by atoms with van der Waals surface area (Å²) in [6.07, 6.45) is 1.82. The van der Waals surface area contributed by atoms with Crippen molar-refractivity contribution < 1.29 is 14.3 Å². The molecule has 6 heteroatoms. The van der Waals surface area contributed by atoms with Crippen LogP contribution in [-0.4, -0.2) is 48.1 Å². The van der Waals surface area contributed by atoms with E-state index in [4.69, 9.17) is 14.5 Å². The number of ether oxygens (including phenoxy) is 2. The number of carbonyl (C=O) groups is 1. The Kier molecular flexibility index (Phi) is 5.73. The molecule has 0 saturated carbocycles. The second kappa shape index (κ2) is 8.98. The van der Waals surface area contributed by atoms with Crippen molar-refractivity contribution in [3.63, 3.8) is 0 Å². The molecular formula is C27H27N3O3. The molecule has 0 atom stereocenters. The van der Waals surface area contributed by atoms with E-state index in [9.17, 15) is 4.79 Å². The van der Waals surface area contributed by atoms with Crippen LogP contribution in [0.3, 0.4) is 0 Å². The summed E-state index contributed by atoms with van der Waals surface area (Å²) >= 11 is 0. The van der Waals surface area contributed by atoms with Crippen LogP contribution in [0.4, 0.5) is 0 Å². The number of aromatic nitrogens is 2. The van der Waals surface area contributed by atoms with Crippen molar-refractivity contribution in [3.8, 4) is 22.6 Å². The lowest BCUT2D eigenvalue weighted by atomic mass is 9.95. The number of likely N-dealkylation sites (tertiary alicyclic amines) is 1. The molecule has 33 heavy (non-hydrogen) atoms. The van der Waals surface area contributed by atoms with Crippen LogP contribution in [0.15, 0.2) is 66.7 Å². The minimum Gasteiger partial charge on any atom is -0.497 e. The lowest BCUT2D eigenvalue weighted by molar-refractivity contribution is 0.0711. The number of nitrogens with one attached hydrogen (secondary N) is 1. The first-order chi connectivity index (χ1) is 16.2. The fraction of sp³-hybridized carbons (Fsp3) is 0.259. The van der Waals surface area contributed by atoms with Crippen LogP contribution >= 0.6 is 0 Å². The highest BCUT2D eigenvalue weighted by molar-refractivity contribution is 5.95. The van der Waals surface area contributed by atoms with Crippen molar-refractivity contribution >= 4 is 16.9 Å². The van der Waals surface area contributed by atoms with Gasteiger partial charge >= 0.3 is 0 Å². The van der Waals surface area contributed by atoms with Crippen LogP contribution in [0.1, 0.15) is 34.9 Å². The Morgan fingerprint density at radius 3 is 2.42 bits per heavy atom. The fourth-order valence-electron chi connectivity index (χ4n) is 4.53. The van der Waals surface area contributed by atoms with Crippen molar-refractivity contribution in [2.45, 2.75) is 18.8 Å². The molecule has 1 saturated heterocycles. The Morgan fingerprint density at radius 2 is 1.73 bits per heavy atom. The highest BCUT2D eigenvalue weighted by Gasteiger charge is 2.26. The molecule has 5 rings (SSSR count). The third-order valence-electron chi connectivity index (χ3n) is 6.43. The number of hydrogen-bond donors (Lipinski definition) is 1. The number of para-hydroxylation sites is 2. The molecule has 2 heterocycles. The van der Waals surface area contributed by atoms with E-state index in [1.54, 1.807) is 14.2 Å². The summed E-state index contributed by atoms with van der Waals surface area (Å²) in [6.45, 7) is 1.46. The number of carbonyl (C=O) groups excluding carboxylic acids is 1. The zero-order valence-electron chi connectivity index (χ0n) is 18.9. The quantitative estimate of drug-likeness (QED) is 0.458. The first-order valence-corrected chi connectivity index (χ1v) is 11.2. The van der Waals surface area contributed by atoms with E-state index in [0.717, 1.165) is 65.4 Å². The van der Waals surface area contributed by atoms with E-state index in [2.05, 4.69) is 11.1 Å². The molecule has 1 aromatic heterocycles. The minimum absolute atomic E-state index is 0.0753. The third-order valence-corrected chi connectivity index (χ3v) is 6.43. The molecule has 1 N–H and O–H groups in total. The fourth-order valence-corrected chi connectivity index (χ4v) is 4.53. The second-order valence-corrected chi connectivity index (χ2v) is 8.35. The van der Waals surface area contributed by atoms with Gasteiger partial charge in [-0.25, -0.2) is 4.98 Å². The zero-order chi connectivity index (χ0) is 22.8. The predicted molar refractivity (Wildman–Crippen MR) is 129 cm³/mol. The average molecular weight is 442 g/mol. The number of rotatable bonds is 5. The SMILES string of the molecule is COc1ccc(-c2ccc(C(=O)N3CCC(c4nc5ccccc5[nH]4)CC3)cc2)c(OC)c1. The van der Waals surface area contributed by atoms with E-state index in [1.165, 1.54) is 0 Å². The van der Waals surface area contributed by atoms with Crippen molar-refractivity contribution in [3.05, 3.63) is 78.1 Å². The number of imidazole rings is 1. The van der Waals surface area contributed by atoms with Gasteiger partial charge in [-0.05, 0) is 54.8 Å². The van der Waals surface area contributed by atoms with Gasteiger partial charge in [-0.1, -0.05) is 24.3 Å². The largest absolute Gasteiger partial charge is 0.497 e. The summed E-state index contributed by atoms with van der Waals surface area (Å²) in [5, 5.41) is 0. The molecular weight excluding hydrogens is 414 g/mol. The Morgan fingerprint density at radius 1 is 0.970 bits per heavy atom. The number of benzene rings is 3. The van der Waals surface area contributed by atoms with Gasteiger partial charge in [0.25, 0.3) is 5.91 Å². The summed E-state index contributed by atoms with van der Waals surface area (Å²) in [6, 6.07) is 21.6. The summed E-state index contributed by atoms with van der Waals surface area (Å²) in [5.74, 6) is 2.94. The Labute approximate surface area is 193 Å². The Balaban J connectivity index is 1.26. The zero-order valence-corrected chi connectivity index (χ0v) is 18.9. The Bertz CT molecular complexity index is 1240. The number of nitrogens with zero attached hydrogens (tertiary/aromatic N) is 2. The van der Waals surface area contributed by atoms with Crippen LogP contribution < -0.4 is 9.47 Å². The first-order valence-electron chi connectivity index (χ1n) is 11.2. The molecule has 0 radical (unpaired) electrons. The number of H-pyrrole nitrogens is 1. The molecule has 0 spiro atoms. The van der Waals surface area contributed by atoms with Crippen molar-refractivity contribution in [1.29, 1.82) is 0 Å². The molecule has 0 unspecified atom stereocenters. The van der Waals surface area contributed by atoms with E-state index < -0.39 is 0 Å². The van der Waals surface area contributed by atoms with Gasteiger partial charge in [-0.3, -0.25) is 4.79 Å². The van der Waals surface area contributed by atoms with Crippen LogP contribution in [0.25, 0.3) is 22.2 Å². The molecule has 1 aliphatic heterocycles. The maximum Gasteiger partial charge on any atom is 0.253 e. The molecule has 0 aliphatic carbocycles. The molecule has 1 aliphatic rings. The number of hydrogen-bond acceptors (Lipinski definition) is 4. The molecule has 4 aromatic rings. The summed E-state index contributed by atoms with van der Waals surface area (Å²) < 4.78 is 10.8. The minimum atomic E-state index is 0.0753. The normalized spacial score (nSPS) is 14.4. The monoisotopic (exact) mass is 441 g/mol.